The Morgan fingerprint density at radius 1 is 0.889 bits per heavy atom. The summed E-state index contributed by atoms with van der Waals surface area (Å²) in [7, 11) is 0. The van der Waals surface area contributed by atoms with Gasteiger partial charge in [-0.1, -0.05) is 60.7 Å². The van der Waals surface area contributed by atoms with Gasteiger partial charge in [0.25, 0.3) is 5.91 Å². The summed E-state index contributed by atoms with van der Waals surface area (Å²) in [6.45, 7) is 1.88. The zero-order valence-corrected chi connectivity index (χ0v) is 16.3. The van der Waals surface area contributed by atoms with Crippen LogP contribution < -0.4 is 5.32 Å². The summed E-state index contributed by atoms with van der Waals surface area (Å²) in [4.78, 5) is 17.9. The number of nitrogens with zero attached hydrogens (tertiary/aromatic N) is 1. The van der Waals surface area contributed by atoms with Crippen LogP contribution in [0.3, 0.4) is 0 Å². The lowest BCUT2D eigenvalue weighted by Crippen LogP contribution is -2.16. The molecule has 0 fully saturated rings. The number of benzene rings is 3. The highest BCUT2D eigenvalue weighted by Gasteiger charge is 2.20. The number of pyridine rings is 1. The SMILES string of the molecule is Cc1nc2ccccc2c(-c2ccccc2)c1C(=O)Nc1ccccc1Br. The number of para-hydroxylation sites is 2. The fourth-order valence-electron chi connectivity index (χ4n) is 3.26. The number of anilines is 1. The molecule has 0 saturated heterocycles. The first-order valence-electron chi connectivity index (χ1n) is 8.66. The number of carbonyl (C=O) groups excluding carboxylic acids is 1. The predicted octanol–water partition coefficient (Wildman–Crippen LogP) is 6.23. The molecular formula is C23H17BrN2O. The van der Waals surface area contributed by atoms with Crippen LogP contribution in [0, 0.1) is 6.92 Å². The first-order valence-corrected chi connectivity index (χ1v) is 9.45. The molecule has 4 aromatic rings. The van der Waals surface area contributed by atoms with E-state index >= 15 is 0 Å². The Balaban J connectivity index is 1.93. The van der Waals surface area contributed by atoms with Gasteiger partial charge in [-0.2, -0.15) is 0 Å². The van der Waals surface area contributed by atoms with Gasteiger partial charge in [0.1, 0.15) is 0 Å². The minimum Gasteiger partial charge on any atom is -0.321 e. The third-order valence-corrected chi connectivity index (χ3v) is 5.18. The Labute approximate surface area is 166 Å². The van der Waals surface area contributed by atoms with Crippen LogP contribution in [0.5, 0.6) is 0 Å². The lowest BCUT2D eigenvalue weighted by molar-refractivity contribution is 0.102. The molecule has 0 aliphatic carbocycles. The maximum absolute atomic E-state index is 13.3. The standard InChI is InChI=1S/C23H17BrN2O/c1-15-21(23(27)26-20-14-8-6-12-18(20)24)22(16-9-3-2-4-10-16)17-11-5-7-13-19(17)25-15/h2-14H,1H3,(H,26,27). The van der Waals surface area contributed by atoms with Crippen LogP contribution in [0.25, 0.3) is 22.0 Å². The van der Waals surface area contributed by atoms with Gasteiger partial charge in [0.05, 0.1) is 22.5 Å². The van der Waals surface area contributed by atoms with Crippen molar-refractivity contribution < 1.29 is 4.79 Å². The van der Waals surface area contributed by atoms with Gasteiger partial charge >= 0.3 is 0 Å². The number of hydrogen-bond donors (Lipinski definition) is 1. The minimum atomic E-state index is -0.170. The number of amides is 1. The van der Waals surface area contributed by atoms with Crippen LogP contribution in [-0.2, 0) is 0 Å². The van der Waals surface area contributed by atoms with Crippen LogP contribution in [0.2, 0.25) is 0 Å². The van der Waals surface area contributed by atoms with E-state index in [-0.39, 0.29) is 5.91 Å². The van der Waals surface area contributed by atoms with Gasteiger partial charge in [-0.3, -0.25) is 9.78 Å². The molecule has 4 rings (SSSR count). The molecule has 1 N–H and O–H groups in total. The quantitative estimate of drug-likeness (QED) is 0.430. The minimum absolute atomic E-state index is 0.170. The molecule has 4 heteroatoms. The second-order valence-electron chi connectivity index (χ2n) is 6.26. The molecule has 0 saturated carbocycles. The van der Waals surface area contributed by atoms with Crippen molar-refractivity contribution in [2.24, 2.45) is 0 Å². The molecule has 1 amide bonds. The van der Waals surface area contributed by atoms with E-state index in [1.165, 1.54) is 0 Å². The molecule has 3 aromatic carbocycles. The monoisotopic (exact) mass is 416 g/mol. The van der Waals surface area contributed by atoms with E-state index in [4.69, 9.17) is 0 Å². The van der Waals surface area contributed by atoms with Gasteiger partial charge < -0.3 is 5.32 Å². The largest absolute Gasteiger partial charge is 0.321 e. The van der Waals surface area contributed by atoms with Crippen molar-refractivity contribution in [3.8, 4) is 11.1 Å². The van der Waals surface area contributed by atoms with Crippen LogP contribution in [0.4, 0.5) is 5.69 Å². The number of aromatic nitrogens is 1. The second-order valence-corrected chi connectivity index (χ2v) is 7.12. The van der Waals surface area contributed by atoms with Gasteiger partial charge in [0.15, 0.2) is 0 Å². The summed E-state index contributed by atoms with van der Waals surface area (Å²) in [5, 5.41) is 3.98. The highest BCUT2D eigenvalue weighted by Crippen LogP contribution is 2.34. The Morgan fingerprint density at radius 3 is 2.33 bits per heavy atom. The molecule has 27 heavy (non-hydrogen) atoms. The maximum Gasteiger partial charge on any atom is 0.258 e. The van der Waals surface area contributed by atoms with Gasteiger partial charge in [-0.15, -0.1) is 0 Å². The zero-order valence-electron chi connectivity index (χ0n) is 14.7. The summed E-state index contributed by atoms with van der Waals surface area (Å²) < 4.78 is 0.839. The number of carbonyl (C=O) groups is 1. The van der Waals surface area contributed by atoms with Crippen molar-refractivity contribution in [3.63, 3.8) is 0 Å². The summed E-state index contributed by atoms with van der Waals surface area (Å²) in [5.41, 5.74) is 4.81. The molecule has 3 nitrogen and oxygen atoms in total. The zero-order chi connectivity index (χ0) is 18.8. The van der Waals surface area contributed by atoms with Crippen LogP contribution >= 0.6 is 15.9 Å². The predicted molar refractivity (Wildman–Crippen MR) is 114 cm³/mol. The normalized spacial score (nSPS) is 10.7. The van der Waals surface area contributed by atoms with E-state index < -0.39 is 0 Å². The lowest BCUT2D eigenvalue weighted by atomic mass is 9.94. The van der Waals surface area contributed by atoms with Gasteiger partial charge in [-0.25, -0.2) is 0 Å². The Morgan fingerprint density at radius 2 is 1.56 bits per heavy atom. The molecule has 0 radical (unpaired) electrons. The van der Waals surface area contributed by atoms with Crippen molar-refractivity contribution in [1.29, 1.82) is 0 Å². The first kappa shape index (κ1) is 17.4. The van der Waals surface area contributed by atoms with Crippen molar-refractivity contribution in [2.45, 2.75) is 6.92 Å². The molecule has 0 aliphatic heterocycles. The highest BCUT2D eigenvalue weighted by molar-refractivity contribution is 9.10. The fourth-order valence-corrected chi connectivity index (χ4v) is 3.65. The van der Waals surface area contributed by atoms with E-state index in [2.05, 4.69) is 26.2 Å². The topological polar surface area (TPSA) is 42.0 Å². The molecule has 132 valence electrons. The van der Waals surface area contributed by atoms with Gasteiger partial charge in [0, 0.05) is 15.4 Å². The van der Waals surface area contributed by atoms with Crippen molar-refractivity contribution >= 4 is 38.4 Å². The van der Waals surface area contributed by atoms with Crippen molar-refractivity contribution in [2.75, 3.05) is 5.32 Å². The summed E-state index contributed by atoms with van der Waals surface area (Å²) in [6, 6.07) is 25.5. The number of nitrogens with one attached hydrogen (secondary N) is 1. The summed E-state index contributed by atoms with van der Waals surface area (Å²) in [6.07, 6.45) is 0. The molecule has 0 spiro atoms. The van der Waals surface area contributed by atoms with E-state index in [1.807, 2.05) is 85.8 Å². The Hall–Kier alpha value is -2.98. The van der Waals surface area contributed by atoms with E-state index in [0.29, 0.717) is 11.3 Å². The first-order chi connectivity index (χ1) is 13.1. The third-order valence-electron chi connectivity index (χ3n) is 4.48. The van der Waals surface area contributed by atoms with Crippen molar-refractivity contribution in [1.82, 2.24) is 4.98 Å². The molecule has 1 aromatic heterocycles. The smallest absolute Gasteiger partial charge is 0.258 e. The molecule has 0 atom stereocenters. The van der Waals surface area contributed by atoms with Crippen molar-refractivity contribution in [3.05, 3.63) is 94.6 Å². The van der Waals surface area contributed by atoms with Crippen LogP contribution in [-0.4, -0.2) is 10.9 Å². The fraction of sp³-hybridized carbons (Fsp3) is 0.0435. The molecule has 1 heterocycles. The Bertz CT molecular complexity index is 1140. The average Bonchev–Trinajstić information content (AvgIpc) is 2.69. The molecule has 0 aliphatic rings. The average molecular weight is 417 g/mol. The molecular weight excluding hydrogens is 400 g/mol. The van der Waals surface area contributed by atoms with Gasteiger partial charge in [0.2, 0.25) is 0 Å². The number of halogens is 1. The number of fused-ring (bicyclic) bond motifs is 1. The summed E-state index contributed by atoms with van der Waals surface area (Å²) in [5.74, 6) is -0.170. The lowest BCUT2D eigenvalue weighted by Gasteiger charge is -2.16. The van der Waals surface area contributed by atoms with E-state index in [0.717, 1.165) is 32.2 Å². The van der Waals surface area contributed by atoms with Crippen LogP contribution in [0.15, 0.2) is 83.3 Å². The third kappa shape index (κ3) is 3.36. The maximum atomic E-state index is 13.3. The van der Waals surface area contributed by atoms with Crippen LogP contribution in [0.1, 0.15) is 16.1 Å². The number of aryl methyl sites for hydroxylation is 1. The molecule has 0 bridgehead atoms. The molecule has 0 unspecified atom stereocenters. The second kappa shape index (κ2) is 7.33. The number of hydrogen-bond acceptors (Lipinski definition) is 2. The van der Waals surface area contributed by atoms with E-state index in [1.54, 1.807) is 0 Å². The Kier molecular flexibility index (Phi) is 4.73. The summed E-state index contributed by atoms with van der Waals surface area (Å²) >= 11 is 3.49. The van der Waals surface area contributed by atoms with Gasteiger partial charge in [-0.05, 0) is 46.6 Å². The highest BCUT2D eigenvalue weighted by atomic mass is 79.9. The van der Waals surface area contributed by atoms with E-state index in [9.17, 15) is 4.79 Å². The number of rotatable bonds is 3.